The fourth-order valence-corrected chi connectivity index (χ4v) is 4.13. The summed E-state index contributed by atoms with van der Waals surface area (Å²) >= 11 is 0. The lowest BCUT2D eigenvalue weighted by Gasteiger charge is -2.40. The van der Waals surface area contributed by atoms with E-state index in [2.05, 4.69) is 15.9 Å². The Balaban J connectivity index is 1.69. The molecule has 3 rings (SSSR count). The summed E-state index contributed by atoms with van der Waals surface area (Å²) in [6, 6.07) is 0.773. The Bertz CT molecular complexity index is 580. The van der Waals surface area contributed by atoms with Crippen molar-refractivity contribution >= 4 is 0 Å². The lowest BCUT2D eigenvalue weighted by atomic mass is 10.1. The predicted molar refractivity (Wildman–Crippen MR) is 92.9 cm³/mol. The van der Waals surface area contributed by atoms with Crippen LogP contribution in [0.4, 0.5) is 0 Å². The highest BCUT2D eigenvalue weighted by Crippen LogP contribution is 2.29. The largest absolute Gasteiger partial charge is 0.494 e. The molecule has 24 heavy (non-hydrogen) atoms. The first kappa shape index (κ1) is 17.0. The summed E-state index contributed by atoms with van der Waals surface area (Å²) in [5, 5.41) is 11.3. The van der Waals surface area contributed by atoms with Crippen molar-refractivity contribution in [2.75, 3.05) is 33.3 Å². The van der Waals surface area contributed by atoms with Gasteiger partial charge < -0.3 is 9.64 Å². The van der Waals surface area contributed by atoms with Crippen LogP contribution in [0, 0.1) is 10.1 Å². The Morgan fingerprint density at radius 1 is 1.21 bits per heavy atom. The van der Waals surface area contributed by atoms with Crippen molar-refractivity contribution < 1.29 is 9.66 Å². The van der Waals surface area contributed by atoms with Crippen molar-refractivity contribution in [1.29, 1.82) is 0 Å². The molecule has 1 saturated carbocycles. The predicted octanol–water partition coefficient (Wildman–Crippen LogP) is 2.92. The first-order chi connectivity index (χ1) is 11.6. The molecular formula is C18H27N3O3. The highest BCUT2D eigenvalue weighted by atomic mass is 16.6. The smallest absolute Gasteiger partial charge is 0.307 e. The third kappa shape index (κ3) is 3.48. The van der Waals surface area contributed by atoms with Crippen molar-refractivity contribution in [3.8, 4) is 0 Å². The zero-order valence-electron chi connectivity index (χ0n) is 14.7. The summed E-state index contributed by atoms with van der Waals surface area (Å²) in [5.74, 6) is 0.430. The molecule has 0 aromatic carbocycles. The van der Waals surface area contributed by atoms with Crippen LogP contribution < -0.4 is 0 Å². The van der Waals surface area contributed by atoms with Crippen LogP contribution in [0.1, 0.15) is 39.0 Å². The number of nitrogens with zero attached hydrogens (tertiary/aromatic N) is 3. The fourth-order valence-electron chi connectivity index (χ4n) is 4.13. The maximum atomic E-state index is 11.3. The Labute approximate surface area is 143 Å². The quantitative estimate of drug-likeness (QED) is 0.585. The molecule has 2 fully saturated rings. The zero-order valence-corrected chi connectivity index (χ0v) is 14.7. The molecule has 2 aliphatic carbocycles. The molecule has 6 heteroatoms. The summed E-state index contributed by atoms with van der Waals surface area (Å²) in [6.45, 7) is 6.11. The number of methoxy groups -OCH3 is 1. The fraction of sp³-hybridized carbons (Fsp3) is 0.667. The van der Waals surface area contributed by atoms with Crippen LogP contribution in [0.25, 0.3) is 0 Å². The van der Waals surface area contributed by atoms with Gasteiger partial charge in [0.1, 0.15) is 0 Å². The van der Waals surface area contributed by atoms with E-state index in [1.54, 1.807) is 6.08 Å². The van der Waals surface area contributed by atoms with E-state index in [1.807, 2.05) is 6.92 Å². The van der Waals surface area contributed by atoms with Gasteiger partial charge in [-0.15, -0.1) is 0 Å². The minimum atomic E-state index is -0.350. The van der Waals surface area contributed by atoms with Crippen LogP contribution >= 0.6 is 0 Å². The van der Waals surface area contributed by atoms with Gasteiger partial charge in [0.2, 0.25) is 0 Å². The number of rotatable bonds is 4. The second-order valence-corrected chi connectivity index (χ2v) is 6.85. The van der Waals surface area contributed by atoms with Gasteiger partial charge in [-0.25, -0.2) is 0 Å². The molecule has 0 unspecified atom stereocenters. The van der Waals surface area contributed by atoms with E-state index in [0.717, 1.165) is 43.5 Å². The Morgan fingerprint density at radius 2 is 1.88 bits per heavy atom. The van der Waals surface area contributed by atoms with Crippen LogP contribution in [0.2, 0.25) is 0 Å². The molecule has 0 N–H and O–H groups in total. The molecule has 1 aliphatic heterocycles. The average molecular weight is 333 g/mol. The number of ether oxygens (including phenoxy) is 1. The van der Waals surface area contributed by atoms with Gasteiger partial charge in [0.05, 0.1) is 12.0 Å². The molecule has 132 valence electrons. The van der Waals surface area contributed by atoms with E-state index in [0.29, 0.717) is 12.2 Å². The lowest BCUT2D eigenvalue weighted by Crippen LogP contribution is -2.49. The molecule has 1 heterocycles. The minimum Gasteiger partial charge on any atom is -0.494 e. The van der Waals surface area contributed by atoms with Crippen LogP contribution in [-0.4, -0.2) is 54.1 Å². The molecule has 0 bridgehead atoms. The van der Waals surface area contributed by atoms with E-state index < -0.39 is 0 Å². The number of allylic oxidation sites excluding steroid dienone is 3. The number of nitro groups is 1. The van der Waals surface area contributed by atoms with E-state index in [4.69, 9.17) is 4.74 Å². The van der Waals surface area contributed by atoms with Crippen molar-refractivity contribution in [2.24, 2.45) is 0 Å². The topological polar surface area (TPSA) is 58.9 Å². The monoisotopic (exact) mass is 333 g/mol. The SMILES string of the molecule is COC1=C([N+](=O)[O-])C=C(C)C(N2CCN(C3CCCC3)CC2)=CC1. The van der Waals surface area contributed by atoms with Gasteiger partial charge in [0.25, 0.3) is 0 Å². The molecule has 0 atom stereocenters. The van der Waals surface area contributed by atoms with Gasteiger partial charge in [0.15, 0.2) is 5.76 Å². The summed E-state index contributed by atoms with van der Waals surface area (Å²) < 4.78 is 5.24. The van der Waals surface area contributed by atoms with Crippen molar-refractivity contribution in [2.45, 2.75) is 45.1 Å². The Kier molecular flexibility index (Phi) is 5.23. The van der Waals surface area contributed by atoms with Crippen molar-refractivity contribution in [1.82, 2.24) is 9.80 Å². The molecule has 6 nitrogen and oxygen atoms in total. The van der Waals surface area contributed by atoms with Gasteiger partial charge in [-0.2, -0.15) is 0 Å². The first-order valence-corrected chi connectivity index (χ1v) is 8.89. The van der Waals surface area contributed by atoms with E-state index in [1.165, 1.54) is 32.8 Å². The molecule has 3 aliphatic rings. The summed E-state index contributed by atoms with van der Waals surface area (Å²) in [7, 11) is 1.50. The second-order valence-electron chi connectivity index (χ2n) is 6.85. The maximum absolute atomic E-state index is 11.3. The number of hydrogen-bond donors (Lipinski definition) is 0. The third-order valence-corrected chi connectivity index (χ3v) is 5.46. The number of piperazine rings is 1. The summed E-state index contributed by atoms with van der Waals surface area (Å²) in [6.07, 6.45) is 9.62. The summed E-state index contributed by atoms with van der Waals surface area (Å²) in [4.78, 5) is 15.9. The molecule has 0 aromatic heterocycles. The van der Waals surface area contributed by atoms with E-state index in [9.17, 15) is 10.1 Å². The highest BCUT2D eigenvalue weighted by Gasteiger charge is 2.28. The van der Waals surface area contributed by atoms with Gasteiger partial charge in [-0.1, -0.05) is 18.9 Å². The molecular weight excluding hydrogens is 306 g/mol. The van der Waals surface area contributed by atoms with Crippen molar-refractivity contribution in [3.63, 3.8) is 0 Å². The average Bonchev–Trinajstić information content (AvgIpc) is 3.06. The molecule has 1 saturated heterocycles. The minimum absolute atomic E-state index is 0.0749. The summed E-state index contributed by atoms with van der Waals surface area (Å²) in [5.41, 5.74) is 2.14. The molecule has 0 amide bonds. The van der Waals surface area contributed by atoms with E-state index >= 15 is 0 Å². The number of hydrogen-bond acceptors (Lipinski definition) is 5. The van der Waals surface area contributed by atoms with Gasteiger partial charge in [-0.05, 0) is 25.3 Å². The normalized spacial score (nSPS) is 23.8. The maximum Gasteiger partial charge on any atom is 0.307 e. The van der Waals surface area contributed by atoms with E-state index in [-0.39, 0.29) is 10.6 Å². The highest BCUT2D eigenvalue weighted by molar-refractivity contribution is 5.38. The van der Waals surface area contributed by atoms with Crippen molar-refractivity contribution in [3.05, 3.63) is 45.0 Å². The standard InChI is InChI=1S/C18H27N3O3/c1-14-13-17(21(22)23)18(24-2)8-7-16(14)20-11-9-19(10-12-20)15-5-3-4-6-15/h7,13,15H,3-6,8-12H2,1-2H3. The van der Waals surface area contributed by atoms with Crippen LogP contribution in [-0.2, 0) is 4.74 Å². The van der Waals surface area contributed by atoms with Crippen LogP contribution in [0.5, 0.6) is 0 Å². The van der Waals surface area contributed by atoms with Crippen LogP contribution in [0.3, 0.4) is 0 Å². The van der Waals surface area contributed by atoms with Gasteiger partial charge >= 0.3 is 5.70 Å². The van der Waals surface area contributed by atoms with Crippen LogP contribution in [0.15, 0.2) is 34.9 Å². The first-order valence-electron chi connectivity index (χ1n) is 8.89. The van der Waals surface area contributed by atoms with Gasteiger partial charge in [-0.3, -0.25) is 15.0 Å². The van der Waals surface area contributed by atoms with Gasteiger partial charge in [0, 0.05) is 50.4 Å². The lowest BCUT2D eigenvalue weighted by molar-refractivity contribution is -0.422. The Morgan fingerprint density at radius 3 is 2.46 bits per heavy atom. The zero-order chi connectivity index (χ0) is 17.1. The molecule has 0 radical (unpaired) electrons. The Hall–Kier alpha value is -1.82. The molecule has 0 aromatic rings. The third-order valence-electron chi connectivity index (χ3n) is 5.46. The molecule has 0 spiro atoms. The second kappa shape index (κ2) is 7.38.